The van der Waals surface area contributed by atoms with Gasteiger partial charge in [0, 0.05) is 17.5 Å². The van der Waals surface area contributed by atoms with Gasteiger partial charge in [-0.3, -0.25) is 10.1 Å². The fourth-order valence-electron chi connectivity index (χ4n) is 2.64. The summed E-state index contributed by atoms with van der Waals surface area (Å²) in [4.78, 5) is 16.5. The molecule has 122 valence electrons. The minimum absolute atomic E-state index is 0.134. The van der Waals surface area contributed by atoms with Crippen molar-refractivity contribution < 1.29 is 13.9 Å². The zero-order chi connectivity index (χ0) is 16.4. The van der Waals surface area contributed by atoms with Crippen molar-refractivity contribution >= 4 is 17.3 Å². The van der Waals surface area contributed by atoms with Gasteiger partial charge < -0.3 is 4.74 Å². The highest BCUT2D eigenvalue weighted by atomic mass is 32.1. The average Bonchev–Trinajstić information content (AvgIpc) is 2.96. The largest absolute Gasteiger partial charge is 0.464 e. The lowest BCUT2D eigenvalue weighted by atomic mass is 9.80. The number of ether oxygens (including phenoxy) is 1. The van der Waals surface area contributed by atoms with Crippen molar-refractivity contribution in [1.82, 2.24) is 10.3 Å². The SMILES string of the molecule is CC1(C)CCOC(=O)C1NCc1csc(-c2ccc(F)cc2)n1. The van der Waals surface area contributed by atoms with Crippen LogP contribution in [0.4, 0.5) is 4.39 Å². The Morgan fingerprint density at radius 2 is 2.13 bits per heavy atom. The second kappa shape index (κ2) is 6.37. The van der Waals surface area contributed by atoms with E-state index in [-0.39, 0.29) is 23.2 Å². The lowest BCUT2D eigenvalue weighted by molar-refractivity contribution is -0.156. The quantitative estimate of drug-likeness (QED) is 0.871. The van der Waals surface area contributed by atoms with Crippen LogP contribution in [0.5, 0.6) is 0 Å². The number of rotatable bonds is 4. The minimum Gasteiger partial charge on any atom is -0.464 e. The van der Waals surface area contributed by atoms with E-state index in [1.54, 1.807) is 12.1 Å². The Hall–Kier alpha value is -1.79. The van der Waals surface area contributed by atoms with Crippen molar-refractivity contribution in [1.29, 1.82) is 0 Å². The molecule has 0 spiro atoms. The fraction of sp³-hybridized carbons (Fsp3) is 0.412. The summed E-state index contributed by atoms with van der Waals surface area (Å²) in [5, 5.41) is 6.05. The van der Waals surface area contributed by atoms with Gasteiger partial charge in [0.25, 0.3) is 0 Å². The molecule has 1 aliphatic heterocycles. The number of halogens is 1. The van der Waals surface area contributed by atoms with E-state index in [0.29, 0.717) is 13.2 Å². The second-order valence-corrected chi connectivity index (χ2v) is 7.23. The van der Waals surface area contributed by atoms with Crippen LogP contribution < -0.4 is 5.32 Å². The smallest absolute Gasteiger partial charge is 0.323 e. The maximum atomic E-state index is 13.0. The molecule has 0 aliphatic carbocycles. The van der Waals surface area contributed by atoms with Crippen molar-refractivity contribution in [2.75, 3.05) is 6.61 Å². The van der Waals surface area contributed by atoms with Crippen LogP contribution in [0, 0.1) is 11.2 Å². The van der Waals surface area contributed by atoms with Gasteiger partial charge in [-0.15, -0.1) is 11.3 Å². The van der Waals surface area contributed by atoms with Crippen molar-refractivity contribution in [2.24, 2.45) is 5.41 Å². The highest BCUT2D eigenvalue weighted by Gasteiger charge is 2.39. The summed E-state index contributed by atoms with van der Waals surface area (Å²) in [6, 6.07) is 5.96. The van der Waals surface area contributed by atoms with Gasteiger partial charge in [0.1, 0.15) is 16.9 Å². The van der Waals surface area contributed by atoms with Crippen LogP contribution in [-0.2, 0) is 16.1 Å². The van der Waals surface area contributed by atoms with Crippen molar-refractivity contribution in [2.45, 2.75) is 32.9 Å². The molecule has 6 heteroatoms. The minimum atomic E-state index is -0.327. The van der Waals surface area contributed by atoms with Gasteiger partial charge in [0.15, 0.2) is 0 Å². The molecule has 1 N–H and O–H groups in total. The van der Waals surface area contributed by atoms with E-state index in [4.69, 9.17) is 4.74 Å². The Labute approximate surface area is 138 Å². The Morgan fingerprint density at radius 1 is 1.39 bits per heavy atom. The van der Waals surface area contributed by atoms with E-state index in [9.17, 15) is 9.18 Å². The van der Waals surface area contributed by atoms with Crippen LogP contribution >= 0.6 is 11.3 Å². The summed E-state index contributed by atoms with van der Waals surface area (Å²) in [6.45, 7) is 5.11. The molecule has 1 fully saturated rings. The molecule has 1 unspecified atom stereocenters. The second-order valence-electron chi connectivity index (χ2n) is 6.37. The first kappa shape index (κ1) is 16.1. The van der Waals surface area contributed by atoms with Gasteiger partial charge in [-0.1, -0.05) is 13.8 Å². The van der Waals surface area contributed by atoms with E-state index in [1.165, 1.54) is 23.5 Å². The topological polar surface area (TPSA) is 51.2 Å². The molecule has 1 aliphatic rings. The van der Waals surface area contributed by atoms with Gasteiger partial charge in [-0.2, -0.15) is 0 Å². The zero-order valence-corrected chi connectivity index (χ0v) is 14.0. The van der Waals surface area contributed by atoms with E-state index in [0.717, 1.165) is 22.7 Å². The number of hydrogen-bond acceptors (Lipinski definition) is 5. The lowest BCUT2D eigenvalue weighted by Gasteiger charge is -2.37. The zero-order valence-electron chi connectivity index (χ0n) is 13.1. The number of carbonyl (C=O) groups excluding carboxylic acids is 1. The number of carbonyl (C=O) groups is 1. The molecule has 0 radical (unpaired) electrons. The molecule has 1 aromatic heterocycles. The number of esters is 1. The average molecular weight is 334 g/mol. The predicted molar refractivity (Wildman–Crippen MR) is 87.5 cm³/mol. The molecule has 2 heterocycles. The third kappa shape index (κ3) is 3.59. The molecule has 2 aromatic rings. The van der Waals surface area contributed by atoms with Crippen molar-refractivity contribution in [3.05, 3.63) is 41.2 Å². The predicted octanol–water partition coefficient (Wildman–Crippen LogP) is 3.38. The first-order chi connectivity index (χ1) is 11.0. The van der Waals surface area contributed by atoms with Gasteiger partial charge in [-0.05, 0) is 36.1 Å². The number of aromatic nitrogens is 1. The van der Waals surface area contributed by atoms with E-state index >= 15 is 0 Å². The van der Waals surface area contributed by atoms with Gasteiger partial charge >= 0.3 is 5.97 Å². The number of cyclic esters (lactones) is 1. The number of hydrogen-bond donors (Lipinski definition) is 1. The highest BCUT2D eigenvalue weighted by molar-refractivity contribution is 7.13. The summed E-state index contributed by atoms with van der Waals surface area (Å²) >= 11 is 1.51. The van der Waals surface area contributed by atoms with Crippen LogP contribution in [0.25, 0.3) is 10.6 Å². The molecule has 1 saturated heterocycles. The number of benzene rings is 1. The molecule has 3 rings (SSSR count). The molecule has 4 nitrogen and oxygen atoms in total. The van der Waals surface area contributed by atoms with Crippen molar-refractivity contribution in [3.8, 4) is 10.6 Å². The normalized spacial score (nSPS) is 20.3. The number of nitrogens with zero attached hydrogens (tertiary/aromatic N) is 1. The maximum Gasteiger partial charge on any atom is 0.323 e. The van der Waals surface area contributed by atoms with E-state index < -0.39 is 0 Å². The Kier molecular flexibility index (Phi) is 4.46. The molecule has 23 heavy (non-hydrogen) atoms. The van der Waals surface area contributed by atoms with E-state index in [1.807, 2.05) is 5.38 Å². The van der Waals surface area contributed by atoms with Gasteiger partial charge in [-0.25, -0.2) is 9.37 Å². The Bertz CT molecular complexity index is 697. The standard InChI is InChI=1S/C17H19FN2O2S/c1-17(2)7-8-22-16(21)14(17)19-9-13-10-23-15(20-13)11-3-5-12(18)6-4-11/h3-6,10,14,19H,7-9H2,1-2H3. The molecule has 0 amide bonds. The lowest BCUT2D eigenvalue weighted by Crippen LogP contribution is -2.52. The highest BCUT2D eigenvalue weighted by Crippen LogP contribution is 2.30. The summed E-state index contributed by atoms with van der Waals surface area (Å²) < 4.78 is 18.1. The Morgan fingerprint density at radius 3 is 2.83 bits per heavy atom. The van der Waals surface area contributed by atoms with E-state index in [2.05, 4.69) is 24.1 Å². The third-order valence-corrected chi connectivity index (χ3v) is 5.08. The summed E-state index contributed by atoms with van der Waals surface area (Å²) in [5.74, 6) is -0.458. The molecule has 0 bridgehead atoms. The summed E-state index contributed by atoms with van der Waals surface area (Å²) in [6.07, 6.45) is 0.842. The first-order valence-electron chi connectivity index (χ1n) is 7.56. The number of nitrogens with one attached hydrogen (secondary N) is 1. The Balaban J connectivity index is 1.67. The maximum absolute atomic E-state index is 13.0. The van der Waals surface area contributed by atoms with Crippen LogP contribution in [-0.4, -0.2) is 23.6 Å². The molecular weight excluding hydrogens is 315 g/mol. The fourth-order valence-corrected chi connectivity index (χ4v) is 3.47. The van der Waals surface area contributed by atoms with Crippen LogP contribution in [0.1, 0.15) is 26.0 Å². The van der Waals surface area contributed by atoms with Gasteiger partial charge in [0.05, 0.1) is 12.3 Å². The van der Waals surface area contributed by atoms with Crippen LogP contribution in [0.3, 0.4) is 0 Å². The van der Waals surface area contributed by atoms with Crippen molar-refractivity contribution in [3.63, 3.8) is 0 Å². The molecule has 1 aromatic carbocycles. The third-order valence-electron chi connectivity index (χ3n) is 4.14. The van der Waals surface area contributed by atoms with Gasteiger partial charge in [0.2, 0.25) is 0 Å². The summed E-state index contributed by atoms with van der Waals surface area (Å²) in [5.41, 5.74) is 1.62. The summed E-state index contributed by atoms with van der Waals surface area (Å²) in [7, 11) is 0. The molecule has 1 atom stereocenters. The molecule has 0 saturated carbocycles. The number of thiazole rings is 1. The van der Waals surface area contributed by atoms with Crippen LogP contribution in [0.15, 0.2) is 29.6 Å². The molecular formula is C17H19FN2O2S. The van der Waals surface area contributed by atoms with Crippen LogP contribution in [0.2, 0.25) is 0 Å². The monoisotopic (exact) mass is 334 g/mol. The first-order valence-corrected chi connectivity index (χ1v) is 8.44.